The van der Waals surface area contributed by atoms with Gasteiger partial charge in [0.1, 0.15) is 0 Å². The lowest BCUT2D eigenvalue weighted by molar-refractivity contribution is 0.194. The second-order valence-electron chi connectivity index (χ2n) is 1.78. The molecular weight excluding hydrogens is 150 g/mol. The Morgan fingerprint density at radius 3 is 2.90 bits per heavy atom. The molecule has 60 valence electrons. The van der Waals surface area contributed by atoms with Crippen LogP contribution in [0.1, 0.15) is 13.3 Å². The van der Waals surface area contributed by atoms with Crippen molar-refractivity contribution in [1.82, 2.24) is 5.32 Å². The van der Waals surface area contributed by atoms with Crippen LogP contribution in [0.5, 0.6) is 0 Å². The predicted molar refractivity (Wildman–Crippen MR) is 43.6 cm³/mol. The highest BCUT2D eigenvalue weighted by Crippen LogP contribution is 1.98. The molecule has 0 spiro atoms. The first-order chi connectivity index (χ1) is 4.77. The summed E-state index contributed by atoms with van der Waals surface area (Å²) in [4.78, 5) is 9.91. The molecule has 4 heteroatoms. The molecule has 0 fully saturated rings. The van der Waals surface area contributed by atoms with E-state index in [0.717, 1.165) is 17.9 Å². The Morgan fingerprint density at radius 2 is 2.40 bits per heavy atom. The van der Waals surface area contributed by atoms with Gasteiger partial charge in [0.2, 0.25) is 0 Å². The van der Waals surface area contributed by atoms with Gasteiger partial charge in [-0.25, -0.2) is 4.79 Å². The minimum Gasteiger partial charge on any atom is -0.465 e. The summed E-state index contributed by atoms with van der Waals surface area (Å²) in [5.41, 5.74) is 0. The molecule has 3 nitrogen and oxygen atoms in total. The molecule has 0 saturated carbocycles. The lowest BCUT2D eigenvalue weighted by atomic mass is 10.5. The summed E-state index contributed by atoms with van der Waals surface area (Å²) in [6.45, 7) is 2.66. The van der Waals surface area contributed by atoms with Gasteiger partial charge in [-0.15, -0.1) is 0 Å². The molecule has 0 aromatic rings. The fraction of sp³-hybridized carbons (Fsp3) is 0.833. The van der Waals surface area contributed by atoms with E-state index >= 15 is 0 Å². The summed E-state index contributed by atoms with van der Waals surface area (Å²) in [7, 11) is 0. The van der Waals surface area contributed by atoms with Crippen molar-refractivity contribution in [2.45, 2.75) is 13.3 Å². The normalized spacial score (nSPS) is 9.30. The third-order valence-electron chi connectivity index (χ3n) is 0.946. The van der Waals surface area contributed by atoms with Gasteiger partial charge in [0.15, 0.2) is 0 Å². The van der Waals surface area contributed by atoms with Crippen LogP contribution in [0.4, 0.5) is 4.79 Å². The highest BCUT2D eigenvalue weighted by Gasteiger charge is 1.91. The number of amides is 1. The largest absolute Gasteiger partial charge is 0.465 e. The SMILES string of the molecule is CCSCCCNC(=O)O. The van der Waals surface area contributed by atoms with Crippen LogP contribution in [-0.2, 0) is 0 Å². The van der Waals surface area contributed by atoms with Crippen LogP contribution in [0.25, 0.3) is 0 Å². The molecule has 0 atom stereocenters. The van der Waals surface area contributed by atoms with E-state index in [2.05, 4.69) is 12.2 Å². The number of rotatable bonds is 5. The van der Waals surface area contributed by atoms with Gasteiger partial charge in [0.05, 0.1) is 0 Å². The van der Waals surface area contributed by atoms with Crippen LogP contribution in [-0.4, -0.2) is 29.3 Å². The zero-order valence-corrected chi connectivity index (χ0v) is 6.91. The number of carboxylic acid groups (broad SMARTS) is 1. The molecule has 0 aromatic carbocycles. The van der Waals surface area contributed by atoms with Crippen molar-refractivity contribution >= 4 is 17.9 Å². The molecule has 0 aliphatic heterocycles. The highest BCUT2D eigenvalue weighted by atomic mass is 32.2. The quantitative estimate of drug-likeness (QED) is 0.602. The minimum absolute atomic E-state index is 0.572. The van der Waals surface area contributed by atoms with E-state index in [0.29, 0.717) is 6.54 Å². The van der Waals surface area contributed by atoms with E-state index in [4.69, 9.17) is 5.11 Å². The Kier molecular flexibility index (Phi) is 6.48. The molecule has 0 aromatic heterocycles. The van der Waals surface area contributed by atoms with Crippen molar-refractivity contribution in [3.63, 3.8) is 0 Å². The molecule has 1 amide bonds. The summed E-state index contributed by atoms with van der Waals surface area (Å²) >= 11 is 1.83. The average molecular weight is 163 g/mol. The standard InChI is InChI=1S/C6H13NO2S/c1-2-10-5-3-4-7-6(8)9/h7H,2-5H2,1H3,(H,8,9). The van der Waals surface area contributed by atoms with Crippen molar-refractivity contribution in [2.75, 3.05) is 18.1 Å². The fourth-order valence-electron chi connectivity index (χ4n) is 0.514. The van der Waals surface area contributed by atoms with Crippen LogP contribution in [0.2, 0.25) is 0 Å². The Morgan fingerprint density at radius 1 is 1.70 bits per heavy atom. The first-order valence-electron chi connectivity index (χ1n) is 3.32. The van der Waals surface area contributed by atoms with Crippen molar-refractivity contribution in [3.8, 4) is 0 Å². The third-order valence-corrected chi connectivity index (χ3v) is 1.93. The number of carbonyl (C=O) groups is 1. The zero-order valence-electron chi connectivity index (χ0n) is 6.09. The van der Waals surface area contributed by atoms with Crippen LogP contribution in [0.3, 0.4) is 0 Å². The van der Waals surface area contributed by atoms with E-state index in [-0.39, 0.29) is 0 Å². The van der Waals surface area contributed by atoms with Crippen LogP contribution < -0.4 is 5.32 Å². The summed E-state index contributed by atoms with van der Waals surface area (Å²) in [5, 5.41) is 10.5. The van der Waals surface area contributed by atoms with Gasteiger partial charge in [-0.05, 0) is 17.9 Å². The molecule has 0 heterocycles. The summed E-state index contributed by atoms with van der Waals surface area (Å²) in [6, 6.07) is 0. The highest BCUT2D eigenvalue weighted by molar-refractivity contribution is 7.99. The van der Waals surface area contributed by atoms with E-state index < -0.39 is 6.09 Å². The van der Waals surface area contributed by atoms with Gasteiger partial charge in [-0.1, -0.05) is 6.92 Å². The van der Waals surface area contributed by atoms with E-state index in [1.165, 1.54) is 0 Å². The van der Waals surface area contributed by atoms with Crippen LogP contribution in [0.15, 0.2) is 0 Å². The molecule has 0 aliphatic rings. The van der Waals surface area contributed by atoms with E-state index in [1.54, 1.807) is 0 Å². The van der Waals surface area contributed by atoms with Crippen molar-refractivity contribution < 1.29 is 9.90 Å². The molecule has 0 unspecified atom stereocenters. The van der Waals surface area contributed by atoms with Crippen molar-refractivity contribution in [2.24, 2.45) is 0 Å². The van der Waals surface area contributed by atoms with Crippen molar-refractivity contribution in [1.29, 1.82) is 0 Å². The predicted octanol–water partition coefficient (Wildman–Crippen LogP) is 1.40. The Bertz CT molecular complexity index is 97.7. The Labute approximate surface area is 65.2 Å². The molecule has 0 bridgehead atoms. The van der Waals surface area contributed by atoms with Crippen molar-refractivity contribution in [3.05, 3.63) is 0 Å². The number of thioether (sulfide) groups is 1. The molecule has 0 aliphatic carbocycles. The van der Waals surface area contributed by atoms with Gasteiger partial charge in [-0.2, -0.15) is 11.8 Å². The number of hydrogen-bond donors (Lipinski definition) is 2. The molecule has 0 radical (unpaired) electrons. The zero-order chi connectivity index (χ0) is 7.82. The molecule has 10 heavy (non-hydrogen) atoms. The monoisotopic (exact) mass is 163 g/mol. The van der Waals surface area contributed by atoms with Crippen LogP contribution in [0, 0.1) is 0 Å². The first-order valence-corrected chi connectivity index (χ1v) is 4.47. The Hall–Kier alpha value is -0.380. The maximum absolute atomic E-state index is 9.91. The van der Waals surface area contributed by atoms with E-state index in [1.807, 2.05) is 11.8 Å². The summed E-state index contributed by atoms with van der Waals surface area (Å²) in [6.07, 6.45) is -0.00773. The maximum atomic E-state index is 9.91. The number of nitrogens with one attached hydrogen (secondary N) is 1. The molecule has 0 rings (SSSR count). The van der Waals surface area contributed by atoms with Gasteiger partial charge < -0.3 is 10.4 Å². The van der Waals surface area contributed by atoms with Gasteiger partial charge in [0.25, 0.3) is 0 Å². The molecular formula is C6H13NO2S. The molecule has 0 saturated heterocycles. The fourth-order valence-corrected chi connectivity index (χ4v) is 1.15. The smallest absolute Gasteiger partial charge is 0.404 e. The second kappa shape index (κ2) is 6.74. The Balaban J connectivity index is 2.84. The third kappa shape index (κ3) is 7.62. The maximum Gasteiger partial charge on any atom is 0.404 e. The van der Waals surface area contributed by atoms with E-state index in [9.17, 15) is 4.79 Å². The van der Waals surface area contributed by atoms with Gasteiger partial charge in [-0.3, -0.25) is 0 Å². The summed E-state index contributed by atoms with van der Waals surface area (Å²) in [5.74, 6) is 2.14. The number of hydrogen-bond acceptors (Lipinski definition) is 2. The molecule has 2 N–H and O–H groups in total. The second-order valence-corrected chi connectivity index (χ2v) is 3.18. The first kappa shape index (κ1) is 9.62. The summed E-state index contributed by atoms with van der Waals surface area (Å²) < 4.78 is 0. The average Bonchev–Trinajstić information content (AvgIpc) is 1.87. The minimum atomic E-state index is -0.929. The van der Waals surface area contributed by atoms with Crippen LogP contribution >= 0.6 is 11.8 Å². The topological polar surface area (TPSA) is 49.3 Å². The van der Waals surface area contributed by atoms with Gasteiger partial charge >= 0.3 is 6.09 Å². The van der Waals surface area contributed by atoms with Gasteiger partial charge in [0, 0.05) is 6.54 Å². The lowest BCUT2D eigenvalue weighted by Gasteiger charge is -1.98. The lowest BCUT2D eigenvalue weighted by Crippen LogP contribution is -2.22.